The molecule has 16 nitrogen and oxygen atoms in total. The molecule has 52 heavy (non-hydrogen) atoms. The third-order valence-electron chi connectivity index (χ3n) is 9.92. The molecular weight excluding hydrogens is 695 g/mol. The molecule has 0 bridgehead atoms. The topological polar surface area (TPSA) is 263 Å². The van der Waals surface area contributed by atoms with Crippen LogP contribution in [0.4, 0.5) is 0 Å². The van der Waals surface area contributed by atoms with E-state index in [-0.39, 0.29) is 74.2 Å². The summed E-state index contributed by atoms with van der Waals surface area (Å²) in [6.45, 7) is 2.47. The lowest BCUT2D eigenvalue weighted by Crippen LogP contribution is -2.51. The predicted molar refractivity (Wildman–Crippen MR) is 191 cm³/mol. The van der Waals surface area contributed by atoms with E-state index in [0.717, 1.165) is 22.2 Å². The molecule has 3 fully saturated rings. The summed E-state index contributed by atoms with van der Waals surface area (Å²) in [4.78, 5) is 91.7. The first-order chi connectivity index (χ1) is 24.6. The van der Waals surface area contributed by atoms with E-state index in [1.807, 2.05) is 0 Å². The Balaban J connectivity index is 1.16. The average molecular weight is 745 g/mol. The Bertz CT molecular complexity index is 1500. The van der Waals surface area contributed by atoms with Crippen LogP contribution in [0.15, 0.2) is 24.3 Å². The summed E-state index contributed by atoms with van der Waals surface area (Å²) < 4.78 is 0. The lowest BCUT2D eigenvalue weighted by atomic mass is 9.77. The number of aromatic hydroxyl groups is 1. The molecule has 7 atom stereocenters. The van der Waals surface area contributed by atoms with Gasteiger partial charge in [-0.15, -0.1) is 11.8 Å². The fourth-order valence-corrected chi connectivity index (χ4v) is 8.16. The molecule has 1 aromatic carbocycles. The monoisotopic (exact) mass is 744 g/mol. The number of nitrogens with one attached hydrogen (secondary N) is 2. The number of carbonyl (C=O) groups is 7. The number of phenols is 1. The highest BCUT2D eigenvalue weighted by Crippen LogP contribution is 2.29. The van der Waals surface area contributed by atoms with Crippen LogP contribution < -0.4 is 22.1 Å². The van der Waals surface area contributed by atoms with Crippen molar-refractivity contribution in [1.29, 1.82) is 0 Å². The fraction of sp³-hybridized carbons (Fsp3) is 0.618. The minimum absolute atomic E-state index is 0.00996. The molecule has 9 N–H and O–H groups in total. The number of rotatable bonds is 19. The summed E-state index contributed by atoms with van der Waals surface area (Å²) in [5.41, 5.74) is 12.3. The smallest absolute Gasteiger partial charge is 0.475 e. The zero-order chi connectivity index (χ0) is 38.1. The first-order valence-corrected chi connectivity index (χ1v) is 18.7. The number of likely N-dealkylation sites (tertiary alicyclic amines) is 2. The van der Waals surface area contributed by atoms with Crippen LogP contribution in [0.5, 0.6) is 5.75 Å². The van der Waals surface area contributed by atoms with E-state index < -0.39 is 71.8 Å². The van der Waals surface area contributed by atoms with E-state index in [4.69, 9.17) is 11.5 Å². The zero-order valence-electron chi connectivity index (χ0n) is 29.3. The minimum atomic E-state index is -1.59. The van der Waals surface area contributed by atoms with Gasteiger partial charge in [-0.1, -0.05) is 12.1 Å². The number of thioether (sulfide) groups is 1. The summed E-state index contributed by atoms with van der Waals surface area (Å²) in [6.07, 6.45) is 2.16. The second kappa shape index (κ2) is 18.8. The number of ketones is 2. The number of carbonyl (C=O) groups excluding carboxylic acids is 7. The standard InChI is InChI=1S/C34H49BN6O10S/c1-19(39-32(47)25(36)13-20-6-8-23(42)9-7-20)27(44)15-22(31(37)46)18-52-28-16-30(45)41(34(28)49)11-2-4-24(43)12-21-14-26(38-17-21)33(48)40-10-3-5-29(40)35(50)51/h6-9,19,21-22,25-26,28-29,38,42,50-51H,2-5,10-18,36H2,1H3,(H2,37,46)(H,39,47)/t19-,21?,22+,25+,26+,28?,29+/m1/s1. The number of imide groups is 1. The highest BCUT2D eigenvalue weighted by molar-refractivity contribution is 8.00. The van der Waals surface area contributed by atoms with Crippen LogP contribution in [0, 0.1) is 11.8 Å². The third-order valence-corrected chi connectivity index (χ3v) is 11.3. The van der Waals surface area contributed by atoms with Gasteiger partial charge in [0.1, 0.15) is 11.5 Å². The lowest BCUT2D eigenvalue weighted by molar-refractivity contribution is -0.138. The van der Waals surface area contributed by atoms with Crippen molar-refractivity contribution in [1.82, 2.24) is 20.4 Å². The number of amides is 5. The average Bonchev–Trinajstić information content (AvgIpc) is 3.84. The normalized spacial score (nSPS) is 23.4. The molecule has 0 aromatic heterocycles. The second-order valence-electron chi connectivity index (χ2n) is 14.0. The fourth-order valence-electron chi connectivity index (χ4n) is 6.88. The van der Waals surface area contributed by atoms with Crippen molar-refractivity contribution in [2.75, 3.05) is 25.4 Å². The molecule has 4 rings (SSSR count). The van der Waals surface area contributed by atoms with Gasteiger partial charge in [0.05, 0.1) is 35.2 Å². The van der Waals surface area contributed by atoms with Crippen LogP contribution in [0.25, 0.3) is 0 Å². The molecule has 2 unspecified atom stereocenters. The van der Waals surface area contributed by atoms with Crippen LogP contribution in [0.2, 0.25) is 0 Å². The quantitative estimate of drug-likeness (QED) is 0.0623. The van der Waals surface area contributed by atoms with E-state index in [1.165, 1.54) is 24.0 Å². The first kappa shape index (κ1) is 40.9. The van der Waals surface area contributed by atoms with E-state index in [0.29, 0.717) is 32.4 Å². The van der Waals surface area contributed by atoms with Gasteiger partial charge in [0.15, 0.2) is 5.78 Å². The molecule has 0 radical (unpaired) electrons. The highest BCUT2D eigenvalue weighted by atomic mass is 32.2. The van der Waals surface area contributed by atoms with E-state index in [2.05, 4.69) is 10.6 Å². The predicted octanol–water partition coefficient (Wildman–Crippen LogP) is -1.59. The van der Waals surface area contributed by atoms with E-state index in [9.17, 15) is 48.7 Å². The Hall–Kier alpha value is -3.84. The van der Waals surface area contributed by atoms with E-state index in [1.54, 1.807) is 12.1 Å². The summed E-state index contributed by atoms with van der Waals surface area (Å²) >= 11 is 1.06. The zero-order valence-corrected chi connectivity index (χ0v) is 30.1. The summed E-state index contributed by atoms with van der Waals surface area (Å²) in [5.74, 6) is -4.39. The van der Waals surface area contributed by atoms with Crippen molar-refractivity contribution in [3.05, 3.63) is 29.8 Å². The number of hydrogen-bond acceptors (Lipinski definition) is 13. The van der Waals surface area contributed by atoms with Crippen molar-refractivity contribution in [2.45, 2.75) is 94.0 Å². The summed E-state index contributed by atoms with van der Waals surface area (Å²) in [5, 5.41) is 33.5. The maximum Gasteiger partial charge on any atom is 0.475 e. The SMILES string of the molecule is C[C@@H](NC(=O)[C@@H](N)Cc1ccc(O)cc1)C(=O)C[C@@H](CSC1CC(=O)N(CCCC(=O)CC2CN[C@H](C(=O)N3CCC[C@H]3B(O)O)C2)C1=O)C(N)=O. The molecule has 284 valence electrons. The third kappa shape index (κ3) is 11.1. The molecule has 1 aromatic rings. The van der Waals surface area contributed by atoms with Crippen molar-refractivity contribution < 1.29 is 48.7 Å². The number of nitrogens with two attached hydrogens (primary N) is 2. The Kier molecular flexibility index (Phi) is 14.8. The molecule has 0 aliphatic carbocycles. The number of benzene rings is 1. The number of primary amides is 1. The largest absolute Gasteiger partial charge is 0.508 e. The van der Waals surface area contributed by atoms with Gasteiger partial charge < -0.3 is 42.2 Å². The molecule has 3 saturated heterocycles. The van der Waals surface area contributed by atoms with Gasteiger partial charge in [0.2, 0.25) is 29.5 Å². The highest BCUT2D eigenvalue weighted by Gasteiger charge is 2.42. The maximum absolute atomic E-state index is 13.1. The van der Waals surface area contributed by atoms with Gasteiger partial charge >= 0.3 is 7.12 Å². The van der Waals surface area contributed by atoms with Crippen LogP contribution in [0.1, 0.15) is 63.9 Å². The van der Waals surface area contributed by atoms with Crippen molar-refractivity contribution in [3.8, 4) is 5.75 Å². The lowest BCUT2D eigenvalue weighted by Gasteiger charge is -2.26. The van der Waals surface area contributed by atoms with Gasteiger partial charge in [-0.2, -0.15) is 0 Å². The Morgan fingerprint density at radius 3 is 2.52 bits per heavy atom. The molecule has 0 spiro atoms. The molecule has 5 amide bonds. The number of Topliss-reactive ketones (excluding diaryl/α,β-unsaturated/α-hetero) is 2. The van der Waals surface area contributed by atoms with Crippen molar-refractivity contribution in [2.24, 2.45) is 23.3 Å². The van der Waals surface area contributed by atoms with Gasteiger partial charge in [-0.05, 0) is 69.2 Å². The number of hydrogen-bond donors (Lipinski definition) is 7. The Morgan fingerprint density at radius 2 is 1.85 bits per heavy atom. The van der Waals surface area contributed by atoms with Gasteiger partial charge in [-0.25, -0.2) is 0 Å². The van der Waals surface area contributed by atoms with Gasteiger partial charge in [-0.3, -0.25) is 38.5 Å². The number of nitrogens with zero attached hydrogens (tertiary/aromatic N) is 2. The summed E-state index contributed by atoms with van der Waals surface area (Å²) in [7, 11) is -1.59. The molecule has 3 heterocycles. The number of phenolic OH excluding ortho intramolecular Hbond substituents is 1. The molecule has 3 aliphatic rings. The maximum atomic E-state index is 13.1. The van der Waals surface area contributed by atoms with Crippen LogP contribution in [0.3, 0.4) is 0 Å². The van der Waals surface area contributed by atoms with Gasteiger partial charge in [0, 0.05) is 44.5 Å². The second-order valence-corrected chi connectivity index (χ2v) is 15.2. The van der Waals surface area contributed by atoms with Crippen molar-refractivity contribution in [3.63, 3.8) is 0 Å². The molecule has 0 saturated carbocycles. The molecule has 3 aliphatic heterocycles. The van der Waals surface area contributed by atoms with E-state index >= 15 is 0 Å². The minimum Gasteiger partial charge on any atom is -0.508 e. The van der Waals surface area contributed by atoms with Crippen LogP contribution >= 0.6 is 11.8 Å². The summed E-state index contributed by atoms with van der Waals surface area (Å²) in [6, 6.07) is 3.80. The Labute approximate surface area is 306 Å². The Morgan fingerprint density at radius 1 is 1.13 bits per heavy atom. The molecule has 18 heteroatoms. The van der Waals surface area contributed by atoms with Crippen LogP contribution in [-0.2, 0) is 40.0 Å². The first-order valence-electron chi connectivity index (χ1n) is 17.7. The van der Waals surface area contributed by atoms with Gasteiger partial charge in [0.25, 0.3) is 0 Å². The van der Waals surface area contributed by atoms with Crippen LogP contribution in [-0.4, -0.2) is 128 Å². The molecular formula is C34H49BN6O10S. The van der Waals surface area contributed by atoms with Crippen molar-refractivity contribution >= 4 is 60.0 Å².